The van der Waals surface area contributed by atoms with Gasteiger partial charge in [-0.1, -0.05) is 19.9 Å². The minimum atomic E-state index is -0.449. The first kappa shape index (κ1) is 16.1. The van der Waals surface area contributed by atoms with E-state index in [-0.39, 0.29) is 16.5 Å². The van der Waals surface area contributed by atoms with Gasteiger partial charge in [-0.25, -0.2) is 8.78 Å². The van der Waals surface area contributed by atoms with Crippen molar-refractivity contribution in [2.75, 3.05) is 6.54 Å². The second-order valence-corrected chi connectivity index (χ2v) is 6.64. The minimum Gasteiger partial charge on any atom is -0.312 e. The molecule has 0 aliphatic heterocycles. The van der Waals surface area contributed by atoms with Crippen LogP contribution in [-0.4, -0.2) is 12.1 Å². The highest BCUT2D eigenvalue weighted by Gasteiger charge is 2.27. The molecule has 0 aromatic heterocycles. The lowest BCUT2D eigenvalue weighted by atomic mass is 9.80. The van der Waals surface area contributed by atoms with E-state index in [1.54, 1.807) is 0 Å². The van der Waals surface area contributed by atoms with Gasteiger partial charge in [0.05, 0.1) is 0 Å². The Morgan fingerprint density at radius 1 is 1.05 bits per heavy atom. The van der Waals surface area contributed by atoms with Gasteiger partial charge in [-0.15, -0.1) is 0 Å². The molecular weight excluding hydrogens is 244 g/mol. The highest BCUT2D eigenvalue weighted by Crippen LogP contribution is 2.29. The fourth-order valence-corrected chi connectivity index (χ4v) is 1.92. The SMILES string of the molecule is CCC(C)(CNC(C)(C)C)Cc1c(F)cccc1F. The Balaban J connectivity index is 2.86. The van der Waals surface area contributed by atoms with Gasteiger partial charge in [0.25, 0.3) is 0 Å². The second kappa shape index (κ2) is 6.00. The summed E-state index contributed by atoms with van der Waals surface area (Å²) >= 11 is 0. The largest absolute Gasteiger partial charge is 0.312 e. The number of halogens is 2. The molecule has 1 nitrogen and oxygen atoms in total. The molecule has 108 valence electrons. The van der Waals surface area contributed by atoms with Crippen LogP contribution in [0.5, 0.6) is 0 Å². The van der Waals surface area contributed by atoms with Crippen molar-refractivity contribution in [3.8, 4) is 0 Å². The van der Waals surface area contributed by atoms with E-state index >= 15 is 0 Å². The van der Waals surface area contributed by atoms with Gasteiger partial charge in [0.15, 0.2) is 0 Å². The summed E-state index contributed by atoms with van der Waals surface area (Å²) in [6, 6.07) is 4.06. The number of hydrogen-bond donors (Lipinski definition) is 1. The fourth-order valence-electron chi connectivity index (χ4n) is 1.92. The van der Waals surface area contributed by atoms with Gasteiger partial charge in [0.2, 0.25) is 0 Å². The van der Waals surface area contributed by atoms with Crippen molar-refractivity contribution in [3.05, 3.63) is 35.4 Å². The van der Waals surface area contributed by atoms with Crippen molar-refractivity contribution >= 4 is 0 Å². The zero-order valence-electron chi connectivity index (χ0n) is 12.6. The third kappa shape index (κ3) is 4.90. The summed E-state index contributed by atoms with van der Waals surface area (Å²) in [7, 11) is 0. The van der Waals surface area contributed by atoms with Crippen LogP contribution in [0.3, 0.4) is 0 Å². The molecule has 1 rings (SSSR count). The monoisotopic (exact) mass is 269 g/mol. The molecule has 0 amide bonds. The average Bonchev–Trinajstić information content (AvgIpc) is 2.31. The Bertz CT molecular complexity index is 403. The van der Waals surface area contributed by atoms with Gasteiger partial charge in [0, 0.05) is 17.6 Å². The summed E-state index contributed by atoms with van der Waals surface area (Å²) in [5.74, 6) is -0.897. The number of benzene rings is 1. The summed E-state index contributed by atoms with van der Waals surface area (Å²) in [6.07, 6.45) is 1.27. The maximum absolute atomic E-state index is 13.7. The molecule has 0 saturated heterocycles. The Kier molecular flexibility index (Phi) is 5.08. The lowest BCUT2D eigenvalue weighted by Crippen LogP contribution is -2.43. The fraction of sp³-hybridized carbons (Fsp3) is 0.625. The zero-order valence-corrected chi connectivity index (χ0v) is 12.6. The predicted octanol–water partition coefficient (Wildman–Crippen LogP) is 4.31. The molecule has 0 heterocycles. The molecule has 3 heteroatoms. The maximum atomic E-state index is 13.7. The summed E-state index contributed by atoms with van der Waals surface area (Å²) < 4.78 is 27.5. The quantitative estimate of drug-likeness (QED) is 0.839. The van der Waals surface area contributed by atoms with Crippen LogP contribution in [0.1, 0.15) is 46.6 Å². The smallest absolute Gasteiger partial charge is 0.129 e. The third-order valence-electron chi connectivity index (χ3n) is 3.56. The molecular formula is C16H25F2N. The Morgan fingerprint density at radius 3 is 2.00 bits per heavy atom. The zero-order chi connectivity index (χ0) is 14.7. The summed E-state index contributed by atoms with van der Waals surface area (Å²) in [4.78, 5) is 0. The standard InChI is InChI=1S/C16H25F2N/c1-6-16(5,11-19-15(2,3)4)10-12-13(17)8-7-9-14(12)18/h7-9,19H,6,10-11H2,1-5H3. The van der Waals surface area contributed by atoms with Crippen molar-refractivity contribution in [2.24, 2.45) is 5.41 Å². The van der Waals surface area contributed by atoms with Crippen molar-refractivity contribution in [1.29, 1.82) is 0 Å². The van der Waals surface area contributed by atoms with Gasteiger partial charge in [-0.2, -0.15) is 0 Å². The molecule has 0 radical (unpaired) electrons. The molecule has 1 aromatic rings. The van der Waals surface area contributed by atoms with E-state index in [1.807, 2.05) is 0 Å². The Labute approximate surface area is 115 Å². The van der Waals surface area contributed by atoms with Crippen LogP contribution in [0, 0.1) is 17.0 Å². The van der Waals surface area contributed by atoms with Gasteiger partial charge >= 0.3 is 0 Å². The van der Waals surface area contributed by atoms with E-state index in [9.17, 15) is 8.78 Å². The van der Waals surface area contributed by atoms with Crippen LogP contribution in [0.4, 0.5) is 8.78 Å². The van der Waals surface area contributed by atoms with Crippen LogP contribution in [-0.2, 0) is 6.42 Å². The van der Waals surface area contributed by atoms with E-state index < -0.39 is 11.6 Å². The third-order valence-corrected chi connectivity index (χ3v) is 3.56. The van der Waals surface area contributed by atoms with Gasteiger partial charge in [0.1, 0.15) is 11.6 Å². The first-order valence-corrected chi connectivity index (χ1v) is 6.85. The number of rotatable bonds is 5. The van der Waals surface area contributed by atoms with E-state index in [0.717, 1.165) is 13.0 Å². The van der Waals surface area contributed by atoms with Gasteiger partial charge in [-0.05, 0) is 51.2 Å². The van der Waals surface area contributed by atoms with Gasteiger partial charge in [-0.3, -0.25) is 0 Å². The van der Waals surface area contributed by atoms with Crippen molar-refractivity contribution in [1.82, 2.24) is 5.32 Å². The first-order valence-electron chi connectivity index (χ1n) is 6.85. The molecule has 0 spiro atoms. The van der Waals surface area contributed by atoms with E-state index in [2.05, 4.69) is 39.9 Å². The topological polar surface area (TPSA) is 12.0 Å². The lowest BCUT2D eigenvalue weighted by molar-refractivity contribution is 0.250. The molecule has 0 aliphatic carbocycles. The predicted molar refractivity (Wildman–Crippen MR) is 76.2 cm³/mol. The van der Waals surface area contributed by atoms with Crippen LogP contribution < -0.4 is 5.32 Å². The molecule has 0 saturated carbocycles. The maximum Gasteiger partial charge on any atom is 0.129 e. The highest BCUT2D eigenvalue weighted by atomic mass is 19.1. The molecule has 1 atom stereocenters. The van der Waals surface area contributed by atoms with Crippen LogP contribution >= 0.6 is 0 Å². The van der Waals surface area contributed by atoms with Gasteiger partial charge < -0.3 is 5.32 Å². The molecule has 1 unspecified atom stereocenters. The first-order chi connectivity index (χ1) is 8.67. The van der Waals surface area contributed by atoms with Crippen LogP contribution in [0.15, 0.2) is 18.2 Å². The summed E-state index contributed by atoms with van der Waals surface area (Å²) in [5, 5.41) is 3.43. The summed E-state index contributed by atoms with van der Waals surface area (Å²) in [5.41, 5.74) is 0.0446. The van der Waals surface area contributed by atoms with E-state index in [4.69, 9.17) is 0 Å². The number of nitrogens with one attached hydrogen (secondary N) is 1. The Morgan fingerprint density at radius 2 is 1.58 bits per heavy atom. The second-order valence-electron chi connectivity index (χ2n) is 6.64. The lowest BCUT2D eigenvalue weighted by Gasteiger charge is -2.33. The van der Waals surface area contributed by atoms with E-state index in [1.165, 1.54) is 18.2 Å². The summed E-state index contributed by atoms with van der Waals surface area (Å²) in [6.45, 7) is 11.1. The molecule has 0 fully saturated rings. The highest BCUT2D eigenvalue weighted by molar-refractivity contribution is 5.21. The molecule has 1 aromatic carbocycles. The van der Waals surface area contributed by atoms with Crippen LogP contribution in [0.25, 0.3) is 0 Å². The molecule has 0 bridgehead atoms. The van der Waals surface area contributed by atoms with Crippen molar-refractivity contribution in [3.63, 3.8) is 0 Å². The molecule has 1 N–H and O–H groups in total. The van der Waals surface area contributed by atoms with E-state index in [0.29, 0.717) is 6.42 Å². The molecule has 0 aliphatic rings. The van der Waals surface area contributed by atoms with Crippen LogP contribution in [0.2, 0.25) is 0 Å². The van der Waals surface area contributed by atoms with Crippen molar-refractivity contribution in [2.45, 2.75) is 53.0 Å². The minimum absolute atomic E-state index is 0.00417. The Hall–Kier alpha value is -0.960. The normalized spacial score (nSPS) is 15.3. The number of hydrogen-bond acceptors (Lipinski definition) is 1. The van der Waals surface area contributed by atoms with Crippen molar-refractivity contribution < 1.29 is 8.78 Å². The average molecular weight is 269 g/mol. The molecule has 19 heavy (non-hydrogen) atoms.